The lowest BCUT2D eigenvalue weighted by Gasteiger charge is -2.29. The van der Waals surface area contributed by atoms with Gasteiger partial charge < -0.3 is 15.0 Å². The van der Waals surface area contributed by atoms with Crippen LogP contribution in [0.4, 0.5) is 0 Å². The zero-order chi connectivity index (χ0) is 22.9. The van der Waals surface area contributed by atoms with Gasteiger partial charge in [-0.15, -0.1) is 11.8 Å². The molecule has 1 atom stereocenters. The number of nitrogens with one attached hydrogen (secondary N) is 1. The van der Waals surface area contributed by atoms with Crippen LogP contribution in [0.3, 0.4) is 0 Å². The smallest absolute Gasteiger partial charge is 0.242 e. The molecule has 5 nitrogen and oxygen atoms in total. The lowest BCUT2D eigenvalue weighted by Crippen LogP contribution is -2.50. The Balaban J connectivity index is 1.65. The van der Waals surface area contributed by atoms with Crippen LogP contribution in [0.2, 0.25) is 5.02 Å². The van der Waals surface area contributed by atoms with Crippen LogP contribution in [0.1, 0.15) is 43.7 Å². The van der Waals surface area contributed by atoms with Crippen LogP contribution in [0.25, 0.3) is 0 Å². The minimum absolute atomic E-state index is 0.0538. The maximum absolute atomic E-state index is 13.2. The van der Waals surface area contributed by atoms with Crippen molar-refractivity contribution in [3.63, 3.8) is 0 Å². The summed E-state index contributed by atoms with van der Waals surface area (Å²) < 4.78 is 5.23. The van der Waals surface area contributed by atoms with Crippen LogP contribution in [0.5, 0.6) is 5.75 Å². The Kier molecular flexibility index (Phi) is 9.30. The number of carbonyl (C=O) groups excluding carboxylic acids is 2. The molecule has 1 saturated carbocycles. The van der Waals surface area contributed by atoms with Crippen LogP contribution in [-0.4, -0.2) is 41.7 Å². The van der Waals surface area contributed by atoms with E-state index in [2.05, 4.69) is 5.32 Å². The second-order valence-corrected chi connectivity index (χ2v) is 9.58. The van der Waals surface area contributed by atoms with E-state index in [1.165, 1.54) is 11.8 Å². The van der Waals surface area contributed by atoms with Gasteiger partial charge in [0.25, 0.3) is 0 Å². The lowest BCUT2D eigenvalue weighted by molar-refractivity contribution is -0.138. The SMILES string of the molecule is COc1ccc(CN(C(=O)CSCc2cccc(Cl)c2)[C@@H](C)C(=O)NC2CCCC2)cc1. The number of thioether (sulfide) groups is 1. The van der Waals surface area contributed by atoms with Crippen molar-refractivity contribution in [1.29, 1.82) is 0 Å². The van der Waals surface area contributed by atoms with Crippen molar-refractivity contribution in [2.24, 2.45) is 0 Å². The van der Waals surface area contributed by atoms with Gasteiger partial charge in [0, 0.05) is 23.4 Å². The Morgan fingerprint density at radius 1 is 1.16 bits per heavy atom. The second-order valence-electron chi connectivity index (χ2n) is 8.16. The number of halogens is 1. The van der Waals surface area contributed by atoms with Gasteiger partial charge in [-0.2, -0.15) is 0 Å². The first-order valence-electron chi connectivity index (χ1n) is 11.0. The highest BCUT2D eigenvalue weighted by Crippen LogP contribution is 2.21. The first-order valence-corrected chi connectivity index (χ1v) is 12.5. The molecule has 0 aromatic heterocycles. The Labute approximate surface area is 199 Å². The number of benzene rings is 2. The fourth-order valence-corrected chi connectivity index (χ4v) is 4.94. The highest BCUT2D eigenvalue weighted by molar-refractivity contribution is 7.99. The quantitative estimate of drug-likeness (QED) is 0.523. The van der Waals surface area contributed by atoms with Gasteiger partial charge in [-0.3, -0.25) is 9.59 Å². The van der Waals surface area contributed by atoms with Gasteiger partial charge in [0.15, 0.2) is 0 Å². The van der Waals surface area contributed by atoms with Crippen molar-refractivity contribution < 1.29 is 14.3 Å². The number of hydrogen-bond acceptors (Lipinski definition) is 4. The summed E-state index contributed by atoms with van der Waals surface area (Å²) in [7, 11) is 1.62. The van der Waals surface area contributed by atoms with Crippen molar-refractivity contribution in [2.45, 2.75) is 57.0 Å². The third kappa shape index (κ3) is 7.17. The molecular formula is C25H31ClN2O3S. The largest absolute Gasteiger partial charge is 0.497 e. The van der Waals surface area contributed by atoms with E-state index in [4.69, 9.17) is 16.3 Å². The van der Waals surface area contributed by atoms with Crippen LogP contribution in [-0.2, 0) is 21.9 Å². The Bertz CT molecular complexity index is 900. The van der Waals surface area contributed by atoms with E-state index in [0.717, 1.165) is 42.6 Å². The Morgan fingerprint density at radius 3 is 2.53 bits per heavy atom. The molecule has 0 radical (unpaired) electrons. The molecule has 0 bridgehead atoms. The van der Waals surface area contributed by atoms with Crippen molar-refractivity contribution in [2.75, 3.05) is 12.9 Å². The fourth-order valence-electron chi connectivity index (χ4n) is 3.87. The van der Waals surface area contributed by atoms with E-state index in [1.807, 2.05) is 55.5 Å². The van der Waals surface area contributed by atoms with Crippen molar-refractivity contribution in [3.05, 3.63) is 64.7 Å². The average Bonchev–Trinajstić information content (AvgIpc) is 3.30. The number of hydrogen-bond donors (Lipinski definition) is 1. The second kappa shape index (κ2) is 12.2. The topological polar surface area (TPSA) is 58.6 Å². The van der Waals surface area contributed by atoms with Crippen molar-refractivity contribution in [3.8, 4) is 5.75 Å². The molecule has 7 heteroatoms. The summed E-state index contributed by atoms with van der Waals surface area (Å²) in [6.07, 6.45) is 4.32. The first kappa shape index (κ1) is 24.5. The summed E-state index contributed by atoms with van der Waals surface area (Å²) >= 11 is 7.59. The summed E-state index contributed by atoms with van der Waals surface area (Å²) in [5.74, 6) is 1.60. The lowest BCUT2D eigenvalue weighted by atomic mass is 10.1. The van der Waals surface area contributed by atoms with Crippen molar-refractivity contribution in [1.82, 2.24) is 10.2 Å². The molecule has 2 amide bonds. The number of nitrogens with zero attached hydrogens (tertiary/aromatic N) is 1. The third-order valence-corrected chi connectivity index (χ3v) is 6.99. The standard InChI is InChI=1S/C25H31ClN2O3S/c1-18(25(30)27-22-8-3-4-9-22)28(15-19-10-12-23(31-2)13-11-19)24(29)17-32-16-20-6-5-7-21(26)14-20/h5-7,10-14,18,22H,3-4,8-9,15-17H2,1-2H3,(H,27,30)/t18-/m0/s1. The van der Waals surface area contributed by atoms with Gasteiger partial charge in [0.1, 0.15) is 11.8 Å². The van der Waals surface area contributed by atoms with E-state index >= 15 is 0 Å². The van der Waals surface area contributed by atoms with E-state index in [1.54, 1.807) is 12.0 Å². The molecule has 0 aliphatic heterocycles. The minimum Gasteiger partial charge on any atom is -0.497 e. The number of rotatable bonds is 10. The molecule has 172 valence electrons. The average molecular weight is 475 g/mol. The predicted molar refractivity (Wildman–Crippen MR) is 131 cm³/mol. The molecule has 1 aliphatic carbocycles. The maximum atomic E-state index is 13.2. The summed E-state index contributed by atoms with van der Waals surface area (Å²) in [4.78, 5) is 27.8. The number of carbonyl (C=O) groups is 2. The molecule has 1 fully saturated rings. The predicted octanol–water partition coefficient (Wildman–Crippen LogP) is 5.06. The number of amides is 2. The van der Waals surface area contributed by atoms with Crippen LogP contribution < -0.4 is 10.1 Å². The Hall–Kier alpha value is -2.18. The molecule has 32 heavy (non-hydrogen) atoms. The highest BCUT2D eigenvalue weighted by atomic mass is 35.5. The number of ether oxygens (including phenoxy) is 1. The van der Waals surface area contributed by atoms with Crippen molar-refractivity contribution >= 4 is 35.2 Å². The van der Waals surface area contributed by atoms with Crippen LogP contribution in [0, 0.1) is 0 Å². The van der Waals surface area contributed by atoms with Crippen LogP contribution >= 0.6 is 23.4 Å². The first-order chi connectivity index (χ1) is 15.5. The Morgan fingerprint density at radius 2 is 1.88 bits per heavy atom. The fraction of sp³-hybridized carbons (Fsp3) is 0.440. The molecular weight excluding hydrogens is 444 g/mol. The summed E-state index contributed by atoms with van der Waals surface area (Å²) in [5, 5.41) is 3.82. The maximum Gasteiger partial charge on any atom is 0.242 e. The molecule has 0 heterocycles. The van der Waals surface area contributed by atoms with Gasteiger partial charge >= 0.3 is 0 Å². The normalized spacial score (nSPS) is 14.7. The monoisotopic (exact) mass is 474 g/mol. The van der Waals surface area contributed by atoms with Gasteiger partial charge in [-0.05, 0) is 55.2 Å². The van der Waals surface area contributed by atoms with Gasteiger partial charge in [0.05, 0.1) is 12.9 Å². The molecule has 3 rings (SSSR count). The van der Waals surface area contributed by atoms with Gasteiger partial charge in [-0.1, -0.05) is 48.7 Å². The molecule has 2 aromatic rings. The van der Waals surface area contributed by atoms with Gasteiger partial charge in [-0.25, -0.2) is 0 Å². The number of methoxy groups -OCH3 is 1. The van der Waals surface area contributed by atoms with E-state index < -0.39 is 6.04 Å². The molecule has 0 spiro atoms. The van der Waals surface area contributed by atoms with E-state index in [9.17, 15) is 9.59 Å². The van der Waals surface area contributed by atoms with Gasteiger partial charge in [0.2, 0.25) is 11.8 Å². The summed E-state index contributed by atoms with van der Waals surface area (Å²) in [6.45, 7) is 2.19. The zero-order valence-electron chi connectivity index (χ0n) is 18.7. The third-order valence-electron chi connectivity index (χ3n) is 5.76. The molecule has 2 aromatic carbocycles. The minimum atomic E-state index is -0.544. The molecule has 1 N–H and O–H groups in total. The molecule has 1 aliphatic rings. The summed E-state index contributed by atoms with van der Waals surface area (Å²) in [6, 6.07) is 14.9. The zero-order valence-corrected chi connectivity index (χ0v) is 20.3. The summed E-state index contributed by atoms with van der Waals surface area (Å²) in [5.41, 5.74) is 2.03. The molecule has 0 saturated heterocycles. The molecule has 0 unspecified atom stereocenters. The van der Waals surface area contributed by atoms with E-state index in [-0.39, 0.29) is 17.9 Å². The van der Waals surface area contributed by atoms with E-state index in [0.29, 0.717) is 23.1 Å². The highest BCUT2D eigenvalue weighted by Gasteiger charge is 2.28. The van der Waals surface area contributed by atoms with Crippen LogP contribution in [0.15, 0.2) is 48.5 Å².